The molecule has 0 aliphatic carbocycles. The van der Waals surface area contributed by atoms with Crippen molar-refractivity contribution < 1.29 is 9.53 Å². The molecule has 3 rings (SSSR count). The number of ether oxygens (including phenoxy) is 1. The van der Waals surface area contributed by atoms with Gasteiger partial charge in [0.15, 0.2) is 0 Å². The Morgan fingerprint density at radius 1 is 1.11 bits per heavy atom. The van der Waals surface area contributed by atoms with Crippen molar-refractivity contribution in [2.45, 2.75) is 19.4 Å². The fourth-order valence-corrected chi connectivity index (χ4v) is 3.25. The number of rotatable bonds is 8. The summed E-state index contributed by atoms with van der Waals surface area (Å²) in [5.41, 5.74) is 0. The monoisotopic (exact) mass is 383 g/mol. The maximum absolute atomic E-state index is 12.8. The first-order chi connectivity index (χ1) is 13.6. The van der Waals surface area contributed by atoms with Crippen molar-refractivity contribution in [3.05, 3.63) is 48.8 Å². The van der Waals surface area contributed by atoms with E-state index in [4.69, 9.17) is 4.74 Å². The van der Waals surface area contributed by atoms with Gasteiger partial charge in [-0.25, -0.2) is 9.97 Å². The maximum Gasteiger partial charge on any atom is 0.239 e. The van der Waals surface area contributed by atoms with Crippen LogP contribution in [0, 0.1) is 0 Å². The molecule has 7 heteroatoms. The summed E-state index contributed by atoms with van der Waals surface area (Å²) in [4.78, 5) is 27.6. The number of likely N-dealkylation sites (N-methyl/N-ethyl adjacent to an activating group) is 1. The molecule has 7 nitrogen and oxygen atoms in total. The van der Waals surface area contributed by atoms with Gasteiger partial charge in [0.05, 0.1) is 12.6 Å². The number of aromatic nitrogens is 2. The molecule has 0 radical (unpaired) electrons. The Bertz CT molecular complexity index is 720. The first kappa shape index (κ1) is 20.1. The Kier molecular flexibility index (Phi) is 7.19. The highest BCUT2D eigenvalue weighted by molar-refractivity contribution is 5.81. The lowest BCUT2D eigenvalue weighted by Gasteiger charge is -2.37. The largest absolute Gasteiger partial charge is 0.494 e. The Labute approximate surface area is 166 Å². The molecule has 1 aliphatic heterocycles. The number of para-hydroxylation sites is 1. The van der Waals surface area contributed by atoms with Crippen molar-refractivity contribution in [2.75, 3.05) is 51.3 Å². The van der Waals surface area contributed by atoms with Crippen molar-refractivity contribution in [3.63, 3.8) is 0 Å². The molecule has 0 saturated carbocycles. The molecule has 1 aliphatic rings. The van der Waals surface area contributed by atoms with Crippen molar-refractivity contribution in [1.82, 2.24) is 19.8 Å². The summed E-state index contributed by atoms with van der Waals surface area (Å²) in [6.07, 6.45) is 4.37. The second-order valence-corrected chi connectivity index (χ2v) is 7.03. The van der Waals surface area contributed by atoms with Gasteiger partial charge in [-0.15, -0.1) is 0 Å². The molecule has 1 aromatic heterocycles. The summed E-state index contributed by atoms with van der Waals surface area (Å²) in [7, 11) is 2.00. The molecule has 1 saturated heterocycles. The fraction of sp³-hybridized carbons (Fsp3) is 0.476. The first-order valence-electron chi connectivity index (χ1n) is 9.84. The smallest absolute Gasteiger partial charge is 0.239 e. The maximum atomic E-state index is 12.8. The third kappa shape index (κ3) is 5.42. The lowest BCUT2D eigenvalue weighted by Crippen LogP contribution is -2.54. The Morgan fingerprint density at radius 2 is 1.79 bits per heavy atom. The zero-order valence-electron chi connectivity index (χ0n) is 16.7. The van der Waals surface area contributed by atoms with Crippen LogP contribution in [-0.2, 0) is 4.79 Å². The minimum atomic E-state index is -0.142. The summed E-state index contributed by atoms with van der Waals surface area (Å²) < 4.78 is 5.73. The average Bonchev–Trinajstić information content (AvgIpc) is 2.77. The summed E-state index contributed by atoms with van der Waals surface area (Å²) in [6.45, 7) is 6.36. The van der Waals surface area contributed by atoms with Gasteiger partial charge >= 0.3 is 0 Å². The molecule has 0 spiro atoms. The summed E-state index contributed by atoms with van der Waals surface area (Å²) in [5.74, 6) is 1.80. The summed E-state index contributed by atoms with van der Waals surface area (Å²) in [6, 6.07) is 11.5. The van der Waals surface area contributed by atoms with Crippen LogP contribution in [0.25, 0.3) is 0 Å². The third-order valence-corrected chi connectivity index (χ3v) is 5.11. The van der Waals surface area contributed by atoms with Gasteiger partial charge in [0.1, 0.15) is 5.75 Å². The van der Waals surface area contributed by atoms with Crippen LogP contribution in [0.4, 0.5) is 5.95 Å². The predicted octanol–water partition coefficient (Wildman–Crippen LogP) is 1.91. The van der Waals surface area contributed by atoms with Crippen molar-refractivity contribution in [2.24, 2.45) is 0 Å². The standard InChI is InChI=1S/C21H29N5O2/c1-18(24(2)12-7-17-28-19-8-4-3-5-9-19)20(27)25-13-15-26(16-14-25)21-22-10-6-11-23-21/h3-6,8-11,18H,7,12-17H2,1-2H3. The quantitative estimate of drug-likeness (QED) is 0.649. The van der Waals surface area contributed by atoms with E-state index in [9.17, 15) is 4.79 Å². The molecule has 2 heterocycles. The average molecular weight is 383 g/mol. The fourth-order valence-electron chi connectivity index (χ4n) is 3.25. The second kappa shape index (κ2) is 10.0. The Balaban J connectivity index is 1.39. The number of hydrogen-bond donors (Lipinski definition) is 0. The first-order valence-corrected chi connectivity index (χ1v) is 9.84. The molecular formula is C21H29N5O2. The second-order valence-electron chi connectivity index (χ2n) is 7.03. The van der Waals surface area contributed by atoms with Crippen molar-refractivity contribution in [1.29, 1.82) is 0 Å². The number of amides is 1. The van der Waals surface area contributed by atoms with Gasteiger partial charge in [-0.2, -0.15) is 0 Å². The van der Waals surface area contributed by atoms with Crippen molar-refractivity contribution in [3.8, 4) is 5.75 Å². The molecule has 2 aromatic rings. The van der Waals surface area contributed by atoms with E-state index in [0.29, 0.717) is 19.7 Å². The molecule has 1 atom stereocenters. The number of nitrogens with zero attached hydrogens (tertiary/aromatic N) is 5. The number of benzene rings is 1. The summed E-state index contributed by atoms with van der Waals surface area (Å²) in [5, 5.41) is 0. The highest BCUT2D eigenvalue weighted by Crippen LogP contribution is 2.12. The van der Waals surface area contributed by atoms with Gasteiger partial charge in [-0.3, -0.25) is 9.69 Å². The van der Waals surface area contributed by atoms with Gasteiger partial charge < -0.3 is 14.5 Å². The Morgan fingerprint density at radius 3 is 2.46 bits per heavy atom. The third-order valence-electron chi connectivity index (χ3n) is 5.11. The zero-order valence-corrected chi connectivity index (χ0v) is 16.7. The molecule has 0 bridgehead atoms. The number of anilines is 1. The molecule has 1 amide bonds. The number of piperazine rings is 1. The van der Waals surface area contributed by atoms with Crippen LogP contribution in [0.3, 0.4) is 0 Å². The van der Waals surface area contributed by atoms with E-state index in [1.165, 1.54) is 0 Å². The van der Waals surface area contributed by atoms with Gasteiger partial charge in [-0.1, -0.05) is 18.2 Å². The number of carbonyl (C=O) groups is 1. The van der Waals surface area contributed by atoms with E-state index in [0.717, 1.165) is 37.8 Å². The number of hydrogen-bond acceptors (Lipinski definition) is 6. The minimum Gasteiger partial charge on any atom is -0.494 e. The van der Waals surface area contributed by atoms with Gasteiger partial charge in [0.2, 0.25) is 11.9 Å². The van der Waals surface area contributed by atoms with Crippen LogP contribution >= 0.6 is 0 Å². The highest BCUT2D eigenvalue weighted by atomic mass is 16.5. The summed E-state index contributed by atoms with van der Waals surface area (Å²) >= 11 is 0. The Hall–Kier alpha value is -2.67. The van der Waals surface area contributed by atoms with Crippen LogP contribution in [0.15, 0.2) is 48.8 Å². The van der Waals surface area contributed by atoms with E-state index in [2.05, 4.69) is 19.8 Å². The predicted molar refractivity (Wildman–Crippen MR) is 109 cm³/mol. The van der Waals surface area contributed by atoms with Crippen LogP contribution in [0.1, 0.15) is 13.3 Å². The van der Waals surface area contributed by atoms with Gasteiger partial charge in [-0.05, 0) is 38.6 Å². The molecule has 0 N–H and O–H groups in total. The lowest BCUT2D eigenvalue weighted by molar-refractivity contribution is -0.136. The molecule has 28 heavy (non-hydrogen) atoms. The van der Waals surface area contributed by atoms with E-state index in [-0.39, 0.29) is 11.9 Å². The molecule has 150 valence electrons. The molecular weight excluding hydrogens is 354 g/mol. The topological polar surface area (TPSA) is 61.8 Å². The highest BCUT2D eigenvalue weighted by Gasteiger charge is 2.27. The van der Waals surface area contributed by atoms with Gasteiger partial charge in [0, 0.05) is 45.1 Å². The van der Waals surface area contributed by atoms with Crippen LogP contribution in [0.5, 0.6) is 5.75 Å². The SMILES string of the molecule is CC(C(=O)N1CCN(c2ncccn2)CC1)N(C)CCCOc1ccccc1. The van der Waals surface area contributed by atoms with Crippen molar-refractivity contribution >= 4 is 11.9 Å². The van der Waals surface area contributed by atoms with Crippen LogP contribution in [0.2, 0.25) is 0 Å². The normalized spacial score (nSPS) is 15.5. The van der Waals surface area contributed by atoms with E-state index in [1.807, 2.05) is 55.3 Å². The molecule has 1 fully saturated rings. The van der Waals surface area contributed by atoms with Crippen LogP contribution < -0.4 is 9.64 Å². The van der Waals surface area contributed by atoms with Crippen LogP contribution in [-0.4, -0.2) is 78.1 Å². The van der Waals surface area contributed by atoms with Gasteiger partial charge in [0.25, 0.3) is 0 Å². The molecule has 1 unspecified atom stereocenters. The lowest BCUT2D eigenvalue weighted by atomic mass is 10.2. The zero-order chi connectivity index (χ0) is 19.8. The van der Waals surface area contributed by atoms with E-state index in [1.54, 1.807) is 12.4 Å². The number of carbonyl (C=O) groups excluding carboxylic acids is 1. The minimum absolute atomic E-state index is 0.142. The molecule has 1 aromatic carbocycles. The van der Waals surface area contributed by atoms with E-state index >= 15 is 0 Å². The van der Waals surface area contributed by atoms with E-state index < -0.39 is 0 Å².